The Morgan fingerprint density at radius 1 is 1.09 bits per heavy atom. The summed E-state index contributed by atoms with van der Waals surface area (Å²) in [7, 11) is -4.31. The zero-order valence-electron chi connectivity index (χ0n) is 24.3. The van der Waals surface area contributed by atoms with Gasteiger partial charge in [0.25, 0.3) is 15.9 Å². The summed E-state index contributed by atoms with van der Waals surface area (Å²) in [4.78, 5) is 41.1. The Kier molecular flexibility index (Phi) is 8.16. The van der Waals surface area contributed by atoms with E-state index in [1.807, 2.05) is 24.3 Å². The van der Waals surface area contributed by atoms with Gasteiger partial charge in [-0.15, -0.1) is 0 Å². The summed E-state index contributed by atoms with van der Waals surface area (Å²) >= 11 is 12.6. The number of anilines is 2. The highest BCUT2D eigenvalue weighted by atomic mass is 35.5. The lowest BCUT2D eigenvalue weighted by Gasteiger charge is -2.39. The molecule has 0 spiro atoms. The first-order chi connectivity index (χ1) is 21.4. The maximum absolute atomic E-state index is 14.4. The van der Waals surface area contributed by atoms with Crippen LogP contribution in [-0.2, 0) is 31.6 Å². The van der Waals surface area contributed by atoms with E-state index in [1.165, 1.54) is 28.1 Å². The number of sulfonamides is 1. The van der Waals surface area contributed by atoms with Crippen molar-refractivity contribution < 1.29 is 23.1 Å². The Morgan fingerprint density at radius 3 is 2.36 bits per heavy atom. The van der Waals surface area contributed by atoms with Crippen molar-refractivity contribution in [3.63, 3.8) is 0 Å². The topological polar surface area (TPSA) is 151 Å². The van der Waals surface area contributed by atoms with Crippen LogP contribution >= 0.6 is 23.2 Å². The van der Waals surface area contributed by atoms with Crippen LogP contribution in [0.25, 0.3) is 11.1 Å². The number of nitrogens with zero attached hydrogens (tertiary/aromatic N) is 6. The van der Waals surface area contributed by atoms with Gasteiger partial charge >= 0.3 is 0 Å². The maximum Gasteiger partial charge on any atom is 0.261 e. The summed E-state index contributed by atoms with van der Waals surface area (Å²) in [6.45, 7) is 3.10. The SMILES string of the molecule is C[C@H](CO)NC(=O)[C@H]1CCN1S(=O)(=O)c1cnc2n1[C@](C)(Cc1ccc(-c3cncnc3)cc1)C(=O)N2c1cc(Cl)cc(Cl)c1. The van der Waals surface area contributed by atoms with Crippen LogP contribution in [0.1, 0.15) is 25.8 Å². The monoisotopic (exact) mass is 669 g/mol. The molecular formula is C30H29Cl2N7O5S. The third-order valence-electron chi connectivity index (χ3n) is 8.08. The lowest BCUT2D eigenvalue weighted by Crippen LogP contribution is -2.59. The molecule has 0 bridgehead atoms. The number of hydrogen-bond acceptors (Lipinski definition) is 8. The molecule has 2 aromatic heterocycles. The van der Waals surface area contributed by atoms with Crippen LogP contribution in [0.5, 0.6) is 0 Å². The van der Waals surface area contributed by atoms with E-state index in [0.29, 0.717) is 12.1 Å². The third kappa shape index (κ3) is 5.48. The predicted molar refractivity (Wildman–Crippen MR) is 168 cm³/mol. The maximum atomic E-state index is 14.4. The van der Waals surface area contributed by atoms with Crippen molar-refractivity contribution in [2.75, 3.05) is 18.1 Å². The van der Waals surface area contributed by atoms with Crippen LogP contribution in [0.4, 0.5) is 11.6 Å². The fourth-order valence-electron chi connectivity index (χ4n) is 5.69. The molecule has 2 N–H and O–H groups in total. The molecule has 3 atom stereocenters. The Balaban J connectivity index is 1.42. The molecule has 4 heterocycles. The van der Waals surface area contributed by atoms with Gasteiger partial charge in [0.05, 0.1) is 18.5 Å². The quantitative estimate of drug-likeness (QED) is 0.275. The summed E-state index contributed by atoms with van der Waals surface area (Å²) in [5.74, 6) is -0.867. The number of benzene rings is 2. The van der Waals surface area contributed by atoms with Gasteiger partial charge in [0.2, 0.25) is 11.9 Å². The van der Waals surface area contributed by atoms with Gasteiger partial charge in [-0.05, 0) is 49.6 Å². The molecule has 2 aliphatic heterocycles. The molecule has 0 unspecified atom stereocenters. The Hall–Kier alpha value is -3.88. The zero-order valence-corrected chi connectivity index (χ0v) is 26.6. The molecule has 1 saturated heterocycles. The summed E-state index contributed by atoms with van der Waals surface area (Å²) in [5.41, 5.74) is 1.34. The number of amides is 2. The van der Waals surface area contributed by atoms with E-state index in [2.05, 4.69) is 20.3 Å². The smallest absolute Gasteiger partial charge is 0.261 e. The molecule has 2 aliphatic rings. The first-order valence-electron chi connectivity index (χ1n) is 14.1. The Labute approximate surface area is 269 Å². The molecule has 6 rings (SSSR count). The first-order valence-corrected chi connectivity index (χ1v) is 16.3. The molecule has 0 aliphatic carbocycles. The molecule has 234 valence electrons. The van der Waals surface area contributed by atoms with Gasteiger partial charge in [-0.2, -0.15) is 4.31 Å². The number of rotatable bonds is 9. The van der Waals surface area contributed by atoms with Gasteiger partial charge in [0.1, 0.15) is 17.9 Å². The Bertz CT molecular complexity index is 1870. The normalized spacial score (nSPS) is 20.5. The van der Waals surface area contributed by atoms with Crippen molar-refractivity contribution >= 4 is 56.7 Å². The van der Waals surface area contributed by atoms with E-state index < -0.39 is 39.5 Å². The van der Waals surface area contributed by atoms with Crippen molar-refractivity contribution in [1.29, 1.82) is 0 Å². The van der Waals surface area contributed by atoms with Crippen LogP contribution < -0.4 is 10.2 Å². The third-order valence-corrected chi connectivity index (χ3v) is 10.4. The molecule has 1 fully saturated rings. The van der Waals surface area contributed by atoms with E-state index in [0.717, 1.165) is 21.0 Å². The number of halogens is 2. The van der Waals surface area contributed by atoms with E-state index >= 15 is 0 Å². The first kappa shape index (κ1) is 31.1. The highest BCUT2D eigenvalue weighted by molar-refractivity contribution is 7.89. The number of aliphatic hydroxyl groups excluding tert-OH is 1. The fraction of sp³-hybridized carbons (Fsp3) is 0.300. The van der Waals surface area contributed by atoms with Crippen LogP contribution in [-0.4, -0.2) is 74.4 Å². The fourth-order valence-corrected chi connectivity index (χ4v) is 8.03. The summed E-state index contributed by atoms with van der Waals surface area (Å²) < 4.78 is 30.8. The molecule has 0 saturated carbocycles. The van der Waals surface area contributed by atoms with Gasteiger partial charge in [0.15, 0.2) is 5.03 Å². The second-order valence-electron chi connectivity index (χ2n) is 11.3. The van der Waals surface area contributed by atoms with Gasteiger partial charge in [-0.1, -0.05) is 47.5 Å². The number of carbonyl (C=O) groups is 2. The Morgan fingerprint density at radius 2 is 1.76 bits per heavy atom. The molecule has 12 nitrogen and oxygen atoms in total. The van der Waals surface area contributed by atoms with E-state index in [9.17, 15) is 23.1 Å². The average molecular weight is 671 g/mol. The van der Waals surface area contributed by atoms with Crippen LogP contribution in [0.2, 0.25) is 10.0 Å². The number of nitrogens with one attached hydrogen (secondary N) is 1. The standard InChI is InChI=1S/C30H29Cl2N7O5S/c1-18(16-40)36-27(41)25-7-8-37(25)45(43,44)26-15-35-29-38(24-10-22(31)9-23(32)11-24)28(42)30(2,39(26)29)12-19-3-5-20(6-4-19)21-13-33-17-34-14-21/h3-6,9-11,13-15,17-18,25,40H,7-8,12,16H2,1-2H3,(H,36,41)/t18-,25-,30-/m1/s1. The highest BCUT2D eigenvalue weighted by Crippen LogP contribution is 2.45. The average Bonchev–Trinajstić information content (AvgIpc) is 3.50. The van der Waals surface area contributed by atoms with Crippen LogP contribution in [0.15, 0.2) is 72.4 Å². The second kappa shape index (κ2) is 11.8. The zero-order chi connectivity index (χ0) is 32.1. The number of hydrogen-bond donors (Lipinski definition) is 2. The minimum absolute atomic E-state index is 0.0768. The lowest BCUT2D eigenvalue weighted by atomic mass is 9.91. The molecule has 0 radical (unpaired) electrons. The highest BCUT2D eigenvalue weighted by Gasteiger charge is 2.54. The number of aromatic nitrogens is 4. The van der Waals surface area contributed by atoms with E-state index in [-0.39, 0.29) is 40.6 Å². The number of fused-ring (bicyclic) bond motifs is 1. The molecule has 45 heavy (non-hydrogen) atoms. The number of imidazole rings is 1. The lowest BCUT2D eigenvalue weighted by molar-refractivity contribution is -0.128. The molecule has 2 aromatic carbocycles. The van der Waals surface area contributed by atoms with Gasteiger partial charge in [-0.25, -0.2) is 28.3 Å². The van der Waals surface area contributed by atoms with Crippen LogP contribution in [0, 0.1) is 0 Å². The molecular weight excluding hydrogens is 641 g/mol. The van der Waals surface area contributed by atoms with Crippen molar-refractivity contribution in [2.45, 2.75) is 49.3 Å². The minimum atomic E-state index is -4.31. The van der Waals surface area contributed by atoms with E-state index in [4.69, 9.17) is 23.2 Å². The van der Waals surface area contributed by atoms with Gasteiger partial charge < -0.3 is 10.4 Å². The van der Waals surface area contributed by atoms with Crippen molar-refractivity contribution in [1.82, 2.24) is 29.1 Å². The molecule has 4 aromatic rings. The van der Waals surface area contributed by atoms with Crippen molar-refractivity contribution in [3.8, 4) is 11.1 Å². The predicted octanol–water partition coefficient (Wildman–Crippen LogP) is 3.54. The largest absolute Gasteiger partial charge is 0.394 e. The summed E-state index contributed by atoms with van der Waals surface area (Å²) in [6, 6.07) is 10.6. The number of carbonyl (C=O) groups excluding carboxylic acids is 2. The minimum Gasteiger partial charge on any atom is -0.394 e. The molecule has 2 amide bonds. The van der Waals surface area contributed by atoms with E-state index in [1.54, 1.807) is 38.4 Å². The van der Waals surface area contributed by atoms with Crippen LogP contribution in [0.3, 0.4) is 0 Å². The second-order valence-corrected chi connectivity index (χ2v) is 14.0. The molecule has 15 heteroatoms. The van der Waals surface area contributed by atoms with Gasteiger partial charge in [0, 0.05) is 47.0 Å². The number of aliphatic hydroxyl groups is 1. The van der Waals surface area contributed by atoms with Crippen molar-refractivity contribution in [3.05, 3.63) is 83.0 Å². The summed E-state index contributed by atoms with van der Waals surface area (Å²) in [6.07, 6.45) is 6.47. The summed E-state index contributed by atoms with van der Waals surface area (Å²) in [5, 5.41) is 12.3. The van der Waals surface area contributed by atoms with Crippen molar-refractivity contribution in [2.24, 2.45) is 0 Å². The van der Waals surface area contributed by atoms with Gasteiger partial charge in [-0.3, -0.25) is 14.2 Å².